The predicted octanol–water partition coefficient (Wildman–Crippen LogP) is 3.97. The number of phenolic OH excluding ortho intramolecular Hbond substituents is 1. The van der Waals surface area contributed by atoms with Crippen LogP contribution in [0.4, 0.5) is 11.5 Å². The second kappa shape index (κ2) is 12.4. The van der Waals surface area contributed by atoms with Crippen LogP contribution in [0.15, 0.2) is 108 Å². The standard InChI is InChI=1S/C35H31B2N9OS/c1-6-20(2)43-16-17-44(21(3)19-43)33-23-18-25(37)31(30-24(36)10-9-13-28(30)47)40-34(23)45(22(4)39-33)32-29(48-5)14-15-38-35(32)46-27-12-8-7-11-26(27)41-42-46/h6-15,18,21,47H,1-2,4,16-17,19H2,3,5H3. The van der Waals surface area contributed by atoms with Crippen molar-refractivity contribution in [1.29, 1.82) is 0 Å². The molecule has 1 saturated heterocycles. The Labute approximate surface area is 286 Å². The number of benzene rings is 2. The number of aromatic hydroxyl groups is 1. The van der Waals surface area contributed by atoms with Gasteiger partial charge in [-0.25, -0.2) is 15.0 Å². The van der Waals surface area contributed by atoms with Crippen LogP contribution >= 0.6 is 11.8 Å². The maximum atomic E-state index is 11.0. The number of allylic oxidation sites excluding steroid dienone is 1. The van der Waals surface area contributed by atoms with Crippen LogP contribution in [0.25, 0.3) is 28.1 Å². The van der Waals surface area contributed by atoms with Gasteiger partial charge in [-0.15, -0.1) is 16.9 Å². The summed E-state index contributed by atoms with van der Waals surface area (Å²) in [5.74, 6) is 2.12. The van der Waals surface area contributed by atoms with Crippen molar-refractivity contribution >= 4 is 66.8 Å². The molecule has 2 aliphatic rings. The molecule has 1 atom stereocenters. The largest absolute Gasteiger partial charge is 0.507 e. The van der Waals surface area contributed by atoms with Crippen molar-refractivity contribution in [3.05, 3.63) is 104 Å². The lowest BCUT2D eigenvalue weighted by molar-refractivity contribution is 0.171. The molecule has 1 fully saturated rings. The van der Waals surface area contributed by atoms with Gasteiger partial charge in [-0.3, -0.25) is 4.90 Å². The van der Waals surface area contributed by atoms with Gasteiger partial charge in [-0.2, -0.15) is 4.68 Å². The van der Waals surface area contributed by atoms with E-state index in [2.05, 4.69) is 46.8 Å². The molecular weight excluding hydrogens is 616 g/mol. The summed E-state index contributed by atoms with van der Waals surface area (Å²) in [7, 11) is 13.2. The van der Waals surface area contributed by atoms with Crippen molar-refractivity contribution < 1.29 is 5.11 Å². The number of nitrogens with zero attached hydrogens (tertiary/aromatic N) is 9. The van der Waals surface area contributed by atoms with Crippen molar-refractivity contribution in [2.24, 2.45) is 4.99 Å². The Balaban J connectivity index is 1.46. The summed E-state index contributed by atoms with van der Waals surface area (Å²) in [5.41, 5.74) is 5.14. The van der Waals surface area contributed by atoms with Gasteiger partial charge in [0.15, 0.2) is 11.6 Å². The van der Waals surface area contributed by atoms with Gasteiger partial charge in [0.1, 0.15) is 44.3 Å². The Bertz CT molecular complexity index is 2140. The number of anilines is 2. The molecule has 13 heteroatoms. The quantitative estimate of drug-likeness (QED) is 0.167. The summed E-state index contributed by atoms with van der Waals surface area (Å²) in [6.45, 7) is 16.8. The molecule has 2 aromatic carbocycles. The molecule has 5 heterocycles. The minimum atomic E-state index is -0.0302. The van der Waals surface area contributed by atoms with Crippen molar-refractivity contribution in [2.75, 3.05) is 30.8 Å². The number of piperazine rings is 1. The van der Waals surface area contributed by atoms with Gasteiger partial charge in [0.2, 0.25) is 0 Å². The predicted molar refractivity (Wildman–Crippen MR) is 195 cm³/mol. The Hall–Kier alpha value is -5.29. The highest BCUT2D eigenvalue weighted by molar-refractivity contribution is 7.98. The van der Waals surface area contributed by atoms with Crippen LogP contribution in [0.2, 0.25) is 0 Å². The number of amidine groups is 1. The van der Waals surface area contributed by atoms with Crippen LogP contribution in [-0.4, -0.2) is 93.3 Å². The first-order valence-corrected chi connectivity index (χ1v) is 16.6. The molecule has 5 aromatic rings. The number of aliphatic imine (C=N–C) groups is 1. The number of pyridine rings is 2. The second-order valence-electron chi connectivity index (χ2n) is 11.6. The van der Waals surface area contributed by atoms with Crippen molar-refractivity contribution in [2.45, 2.75) is 17.9 Å². The number of fused-ring (bicyclic) bond motifs is 2. The fourth-order valence-electron chi connectivity index (χ4n) is 6.32. The van der Waals surface area contributed by atoms with E-state index in [4.69, 9.17) is 30.7 Å². The van der Waals surface area contributed by atoms with Crippen LogP contribution in [0.1, 0.15) is 12.5 Å². The number of phenols is 1. The molecule has 234 valence electrons. The summed E-state index contributed by atoms with van der Waals surface area (Å²) in [6.07, 6.45) is 5.51. The van der Waals surface area contributed by atoms with Gasteiger partial charge >= 0.3 is 0 Å². The van der Waals surface area contributed by atoms with E-state index in [1.54, 1.807) is 46.9 Å². The van der Waals surface area contributed by atoms with Crippen LogP contribution in [-0.2, 0) is 0 Å². The van der Waals surface area contributed by atoms with Gasteiger partial charge in [-0.05, 0) is 43.5 Å². The number of thioether (sulfide) groups is 1. The van der Waals surface area contributed by atoms with Crippen LogP contribution < -0.4 is 15.8 Å². The average molecular weight is 647 g/mol. The van der Waals surface area contributed by atoms with Gasteiger partial charge in [0, 0.05) is 48.0 Å². The lowest BCUT2D eigenvalue weighted by Gasteiger charge is -2.44. The minimum Gasteiger partial charge on any atom is -0.507 e. The van der Waals surface area contributed by atoms with E-state index in [0.717, 1.165) is 34.7 Å². The molecule has 1 N–H and O–H groups in total. The highest BCUT2D eigenvalue weighted by Gasteiger charge is 2.36. The van der Waals surface area contributed by atoms with Gasteiger partial charge in [-0.1, -0.05) is 66.2 Å². The molecule has 4 radical (unpaired) electrons. The number of aromatic nitrogens is 5. The molecule has 0 saturated carbocycles. The van der Waals surface area contributed by atoms with Crippen LogP contribution in [0, 0.1) is 0 Å². The average Bonchev–Trinajstić information content (AvgIpc) is 3.52. The van der Waals surface area contributed by atoms with Gasteiger partial charge in [0.25, 0.3) is 0 Å². The monoisotopic (exact) mass is 647 g/mol. The SMILES string of the molecule is [B]c1cc2c(nc1-c1c([B])cccc1O)N(c1c(SC)ccnc1-n1nnc3ccccc31)C(=C)N=C2N1CCN(C(=C)C=C)CC1C. The van der Waals surface area contributed by atoms with E-state index < -0.39 is 0 Å². The summed E-state index contributed by atoms with van der Waals surface area (Å²) >= 11 is 1.55. The maximum Gasteiger partial charge on any atom is 0.181 e. The molecule has 0 spiro atoms. The Kier molecular flexibility index (Phi) is 8.08. The fraction of sp³-hybridized carbons (Fsp3) is 0.171. The molecule has 10 nitrogen and oxygen atoms in total. The highest BCUT2D eigenvalue weighted by Crippen LogP contribution is 2.44. The van der Waals surface area contributed by atoms with E-state index in [0.29, 0.717) is 63.3 Å². The molecule has 0 amide bonds. The highest BCUT2D eigenvalue weighted by atomic mass is 32.2. The number of hydrogen-bond donors (Lipinski definition) is 1. The minimum absolute atomic E-state index is 0.0302. The van der Waals surface area contributed by atoms with Crippen molar-refractivity contribution in [3.8, 4) is 22.8 Å². The summed E-state index contributed by atoms with van der Waals surface area (Å²) < 4.78 is 1.71. The molecule has 3 aromatic heterocycles. The summed E-state index contributed by atoms with van der Waals surface area (Å²) in [6, 6.07) is 16.5. The number of hydrogen-bond acceptors (Lipinski definition) is 10. The third-order valence-corrected chi connectivity index (χ3v) is 9.46. The molecule has 2 aliphatic heterocycles. The smallest absolute Gasteiger partial charge is 0.181 e. The van der Waals surface area contributed by atoms with E-state index in [9.17, 15) is 5.11 Å². The lowest BCUT2D eigenvalue weighted by Crippen LogP contribution is -2.54. The first-order chi connectivity index (χ1) is 23.2. The van der Waals surface area contributed by atoms with E-state index in [1.807, 2.05) is 47.6 Å². The Morgan fingerprint density at radius 3 is 2.62 bits per heavy atom. The van der Waals surface area contributed by atoms with E-state index >= 15 is 0 Å². The zero-order valence-corrected chi connectivity index (χ0v) is 27.5. The Morgan fingerprint density at radius 1 is 1.06 bits per heavy atom. The third-order valence-electron chi connectivity index (χ3n) is 8.69. The van der Waals surface area contributed by atoms with Gasteiger partial charge < -0.3 is 14.9 Å². The second-order valence-corrected chi connectivity index (χ2v) is 12.4. The topological polar surface area (TPSA) is 98.8 Å². The lowest BCUT2D eigenvalue weighted by atomic mass is 9.82. The van der Waals surface area contributed by atoms with E-state index in [-0.39, 0.29) is 11.8 Å². The van der Waals surface area contributed by atoms with Crippen molar-refractivity contribution in [3.63, 3.8) is 0 Å². The molecule has 48 heavy (non-hydrogen) atoms. The normalized spacial score (nSPS) is 16.2. The molecule has 7 rings (SSSR count). The van der Waals surface area contributed by atoms with Crippen LogP contribution in [0.3, 0.4) is 0 Å². The first kappa shape index (κ1) is 31.3. The summed E-state index contributed by atoms with van der Waals surface area (Å²) in [4.78, 5) is 22.4. The molecule has 0 aliphatic carbocycles. The van der Waals surface area contributed by atoms with Crippen LogP contribution in [0.5, 0.6) is 5.75 Å². The number of para-hydroxylation sites is 1. The molecular formula is C35H31B2N9OS. The molecule has 1 unspecified atom stereocenters. The van der Waals surface area contributed by atoms with E-state index in [1.165, 1.54) is 0 Å². The summed E-state index contributed by atoms with van der Waals surface area (Å²) in [5, 5.41) is 19.8. The van der Waals surface area contributed by atoms with Crippen molar-refractivity contribution in [1.82, 2.24) is 34.8 Å². The number of rotatable bonds is 6. The fourth-order valence-corrected chi connectivity index (χ4v) is 6.89. The zero-order valence-electron chi connectivity index (χ0n) is 26.7. The maximum absolute atomic E-state index is 11.0. The first-order valence-electron chi connectivity index (χ1n) is 15.3. The third kappa shape index (κ3) is 5.14. The zero-order chi connectivity index (χ0) is 33.7. The molecule has 0 bridgehead atoms. The van der Waals surface area contributed by atoms with Gasteiger partial charge in [0.05, 0.1) is 16.8 Å². The Morgan fingerprint density at radius 2 is 1.88 bits per heavy atom.